The number of carbonyl (C=O) groups excluding carboxylic acids is 1. The molecular formula is C20H21NO3. The van der Waals surface area contributed by atoms with E-state index >= 15 is 0 Å². The Morgan fingerprint density at radius 2 is 1.92 bits per heavy atom. The van der Waals surface area contributed by atoms with Gasteiger partial charge in [0.15, 0.2) is 5.78 Å². The van der Waals surface area contributed by atoms with E-state index in [0.717, 1.165) is 23.4 Å². The van der Waals surface area contributed by atoms with Crippen molar-refractivity contribution in [3.63, 3.8) is 0 Å². The molecule has 1 heterocycles. The van der Waals surface area contributed by atoms with E-state index in [-0.39, 0.29) is 17.1 Å². The number of methoxy groups -OCH3 is 1. The zero-order chi connectivity index (χ0) is 17.3. The first-order valence-corrected chi connectivity index (χ1v) is 7.88. The number of nitrogens with one attached hydrogen (secondary N) is 1. The molecule has 0 atom stereocenters. The van der Waals surface area contributed by atoms with Gasteiger partial charge in [0.2, 0.25) is 0 Å². The first-order chi connectivity index (χ1) is 11.4. The molecule has 0 bridgehead atoms. The van der Waals surface area contributed by atoms with Crippen molar-refractivity contribution in [1.29, 1.82) is 0 Å². The molecule has 2 aromatic rings. The lowest BCUT2D eigenvalue weighted by molar-refractivity contribution is 0.104. The minimum absolute atomic E-state index is 0.107. The average molecular weight is 323 g/mol. The molecule has 4 heteroatoms. The van der Waals surface area contributed by atoms with E-state index in [1.165, 1.54) is 17.7 Å². The third-order valence-electron chi connectivity index (χ3n) is 4.14. The SMILES string of the molecule is COc1ccc2c(c1)C(=CC(=O)c1ccc(O)cc1)NC(C)(C)C2. The second-order valence-electron chi connectivity index (χ2n) is 6.68. The summed E-state index contributed by atoms with van der Waals surface area (Å²) in [6, 6.07) is 12.2. The zero-order valence-corrected chi connectivity index (χ0v) is 14.1. The normalized spacial score (nSPS) is 17.0. The minimum atomic E-state index is -0.136. The molecule has 4 nitrogen and oxygen atoms in total. The molecule has 24 heavy (non-hydrogen) atoms. The molecule has 0 aliphatic carbocycles. The van der Waals surface area contributed by atoms with Gasteiger partial charge in [0.05, 0.1) is 7.11 Å². The van der Waals surface area contributed by atoms with Crippen LogP contribution in [-0.2, 0) is 6.42 Å². The lowest BCUT2D eigenvalue weighted by atomic mass is 9.85. The topological polar surface area (TPSA) is 58.6 Å². The summed E-state index contributed by atoms with van der Waals surface area (Å²) in [5.41, 5.74) is 3.36. The number of ketones is 1. The molecule has 2 aromatic carbocycles. The number of carbonyl (C=O) groups is 1. The highest BCUT2D eigenvalue weighted by molar-refractivity contribution is 6.08. The van der Waals surface area contributed by atoms with Crippen molar-refractivity contribution in [3.8, 4) is 11.5 Å². The van der Waals surface area contributed by atoms with Gasteiger partial charge in [-0.3, -0.25) is 4.79 Å². The van der Waals surface area contributed by atoms with Crippen molar-refractivity contribution >= 4 is 11.5 Å². The third kappa shape index (κ3) is 3.27. The zero-order valence-electron chi connectivity index (χ0n) is 14.1. The van der Waals surface area contributed by atoms with E-state index in [4.69, 9.17) is 4.74 Å². The van der Waals surface area contributed by atoms with Gasteiger partial charge in [-0.25, -0.2) is 0 Å². The fourth-order valence-corrected chi connectivity index (χ4v) is 2.99. The molecule has 124 valence electrons. The van der Waals surface area contributed by atoms with E-state index < -0.39 is 0 Å². The number of phenols is 1. The fraction of sp³-hybridized carbons (Fsp3) is 0.250. The Morgan fingerprint density at radius 1 is 1.21 bits per heavy atom. The Morgan fingerprint density at radius 3 is 2.58 bits per heavy atom. The van der Waals surface area contributed by atoms with Gasteiger partial charge < -0.3 is 15.2 Å². The van der Waals surface area contributed by atoms with Gasteiger partial charge in [0.1, 0.15) is 11.5 Å². The summed E-state index contributed by atoms with van der Waals surface area (Å²) in [5.74, 6) is 0.799. The van der Waals surface area contributed by atoms with Crippen LogP contribution >= 0.6 is 0 Å². The smallest absolute Gasteiger partial charge is 0.187 e. The van der Waals surface area contributed by atoms with Crippen LogP contribution in [0.4, 0.5) is 0 Å². The van der Waals surface area contributed by atoms with E-state index in [0.29, 0.717) is 5.56 Å². The first kappa shape index (κ1) is 16.1. The summed E-state index contributed by atoms with van der Waals surface area (Å²) < 4.78 is 5.32. The number of rotatable bonds is 3. The number of hydrogen-bond donors (Lipinski definition) is 2. The second kappa shape index (κ2) is 6.04. The molecule has 3 rings (SSSR count). The predicted molar refractivity (Wildman–Crippen MR) is 94.3 cm³/mol. The van der Waals surface area contributed by atoms with Crippen LogP contribution in [0.15, 0.2) is 48.5 Å². The highest BCUT2D eigenvalue weighted by Gasteiger charge is 2.28. The van der Waals surface area contributed by atoms with Crippen LogP contribution in [0.5, 0.6) is 11.5 Å². The number of ether oxygens (including phenoxy) is 1. The maximum atomic E-state index is 12.6. The van der Waals surface area contributed by atoms with E-state index in [1.54, 1.807) is 25.3 Å². The number of phenolic OH excluding ortho intramolecular Hbond substituents is 1. The van der Waals surface area contributed by atoms with Gasteiger partial charge in [-0.15, -0.1) is 0 Å². The maximum absolute atomic E-state index is 12.6. The Hall–Kier alpha value is -2.75. The fourth-order valence-electron chi connectivity index (χ4n) is 2.99. The summed E-state index contributed by atoms with van der Waals surface area (Å²) in [6.45, 7) is 4.22. The number of aromatic hydroxyl groups is 1. The van der Waals surface area contributed by atoms with Gasteiger partial charge in [-0.1, -0.05) is 6.07 Å². The summed E-state index contributed by atoms with van der Waals surface area (Å²) >= 11 is 0. The molecule has 0 saturated carbocycles. The van der Waals surface area contributed by atoms with Crippen LogP contribution in [0.1, 0.15) is 35.3 Å². The molecular weight excluding hydrogens is 302 g/mol. The molecule has 0 saturated heterocycles. The quantitative estimate of drug-likeness (QED) is 0.670. The standard InChI is InChI=1S/C20H21NO3/c1-20(2)12-14-6-9-16(24-3)10-17(14)18(21-20)11-19(23)13-4-7-15(22)8-5-13/h4-11,21-22H,12H2,1-3H3. The monoisotopic (exact) mass is 323 g/mol. The summed E-state index contributed by atoms with van der Waals surface area (Å²) in [7, 11) is 1.63. The van der Waals surface area contributed by atoms with Gasteiger partial charge in [0, 0.05) is 28.4 Å². The van der Waals surface area contributed by atoms with Crippen LogP contribution in [-0.4, -0.2) is 23.5 Å². The van der Waals surface area contributed by atoms with Gasteiger partial charge in [-0.2, -0.15) is 0 Å². The first-order valence-electron chi connectivity index (χ1n) is 7.88. The Labute approximate surface area is 141 Å². The Bertz CT molecular complexity index is 804. The van der Waals surface area contributed by atoms with Crippen LogP contribution in [0.3, 0.4) is 0 Å². The average Bonchev–Trinajstić information content (AvgIpc) is 2.54. The summed E-state index contributed by atoms with van der Waals surface area (Å²) in [4.78, 5) is 12.6. The molecule has 1 aliphatic rings. The van der Waals surface area contributed by atoms with E-state index in [9.17, 15) is 9.90 Å². The predicted octanol–water partition coefficient (Wildman–Crippen LogP) is 3.55. The summed E-state index contributed by atoms with van der Waals surface area (Å²) in [5, 5.41) is 12.8. The van der Waals surface area contributed by atoms with Crippen LogP contribution in [0.25, 0.3) is 5.70 Å². The molecule has 2 N–H and O–H groups in total. The van der Waals surface area contributed by atoms with Crippen molar-refractivity contribution in [2.75, 3.05) is 7.11 Å². The Kier molecular flexibility index (Phi) is 4.06. The van der Waals surface area contributed by atoms with Crippen molar-refractivity contribution in [2.45, 2.75) is 25.8 Å². The minimum Gasteiger partial charge on any atom is -0.508 e. The largest absolute Gasteiger partial charge is 0.508 e. The molecule has 0 spiro atoms. The van der Waals surface area contributed by atoms with E-state index in [1.807, 2.05) is 12.1 Å². The highest BCUT2D eigenvalue weighted by Crippen LogP contribution is 2.32. The lowest BCUT2D eigenvalue weighted by Crippen LogP contribution is -2.43. The number of fused-ring (bicyclic) bond motifs is 1. The van der Waals surface area contributed by atoms with E-state index in [2.05, 4.69) is 25.2 Å². The molecule has 1 aliphatic heterocycles. The number of hydrogen-bond acceptors (Lipinski definition) is 4. The molecule has 0 fully saturated rings. The van der Waals surface area contributed by atoms with Crippen LogP contribution in [0.2, 0.25) is 0 Å². The number of allylic oxidation sites excluding steroid dienone is 1. The molecule has 0 aromatic heterocycles. The molecule has 0 unspecified atom stereocenters. The molecule has 0 radical (unpaired) electrons. The van der Waals surface area contributed by atoms with Crippen molar-refractivity contribution in [1.82, 2.24) is 5.32 Å². The second-order valence-corrected chi connectivity index (χ2v) is 6.68. The highest BCUT2D eigenvalue weighted by atomic mass is 16.5. The van der Waals surface area contributed by atoms with Crippen LogP contribution in [0, 0.1) is 0 Å². The maximum Gasteiger partial charge on any atom is 0.187 e. The number of benzene rings is 2. The van der Waals surface area contributed by atoms with Crippen molar-refractivity contribution < 1.29 is 14.6 Å². The van der Waals surface area contributed by atoms with Gasteiger partial charge in [0.25, 0.3) is 0 Å². The van der Waals surface area contributed by atoms with Crippen molar-refractivity contribution in [3.05, 3.63) is 65.2 Å². The van der Waals surface area contributed by atoms with Gasteiger partial charge >= 0.3 is 0 Å². The lowest BCUT2D eigenvalue weighted by Gasteiger charge is -2.35. The molecule has 0 amide bonds. The third-order valence-corrected chi connectivity index (χ3v) is 4.14. The van der Waals surface area contributed by atoms with Gasteiger partial charge in [-0.05, 0) is 62.2 Å². The Balaban J connectivity index is 2.03. The summed E-state index contributed by atoms with van der Waals surface area (Å²) in [6.07, 6.45) is 2.49. The van der Waals surface area contributed by atoms with Crippen LogP contribution < -0.4 is 10.1 Å². The van der Waals surface area contributed by atoms with Crippen molar-refractivity contribution in [2.24, 2.45) is 0 Å².